The maximum atomic E-state index is 12.6. The highest BCUT2D eigenvalue weighted by atomic mass is 35.5. The second kappa shape index (κ2) is 13.2. The Balaban J connectivity index is 1.34. The van der Waals surface area contributed by atoms with Gasteiger partial charge >= 0.3 is 6.03 Å². The number of nitrogens with one attached hydrogen (secondary N) is 3. The molecule has 1 aliphatic heterocycles. The predicted molar refractivity (Wildman–Crippen MR) is 154 cm³/mol. The Labute approximate surface area is 240 Å². The van der Waals surface area contributed by atoms with Crippen molar-refractivity contribution >= 4 is 75.4 Å². The van der Waals surface area contributed by atoms with E-state index >= 15 is 0 Å². The van der Waals surface area contributed by atoms with Crippen LogP contribution in [0.25, 0.3) is 0 Å². The van der Waals surface area contributed by atoms with Crippen molar-refractivity contribution in [2.45, 2.75) is 24.8 Å². The normalized spacial score (nSPS) is 16.4. The molecule has 2 aromatic carbocycles. The van der Waals surface area contributed by atoms with Crippen LogP contribution < -0.4 is 16.0 Å². The van der Waals surface area contributed by atoms with Crippen molar-refractivity contribution in [1.29, 1.82) is 0 Å². The zero-order valence-electron chi connectivity index (χ0n) is 19.8. The number of likely N-dealkylation sites (tertiary alicyclic amines) is 1. The lowest BCUT2D eigenvalue weighted by molar-refractivity contribution is 0.0942. The van der Waals surface area contributed by atoms with Gasteiger partial charge in [-0.3, -0.25) is 4.79 Å². The van der Waals surface area contributed by atoms with Gasteiger partial charge in [-0.2, -0.15) is 0 Å². The molecule has 1 saturated heterocycles. The van der Waals surface area contributed by atoms with Crippen LogP contribution in [0, 0.1) is 0 Å². The van der Waals surface area contributed by atoms with Gasteiger partial charge in [0.25, 0.3) is 5.91 Å². The van der Waals surface area contributed by atoms with Gasteiger partial charge in [-0.05, 0) is 66.7 Å². The molecule has 1 aliphatic rings. The van der Waals surface area contributed by atoms with Crippen LogP contribution in [0.5, 0.6) is 0 Å². The summed E-state index contributed by atoms with van der Waals surface area (Å²) in [4.78, 5) is 28.0. The van der Waals surface area contributed by atoms with Crippen LogP contribution in [0.2, 0.25) is 20.1 Å². The average Bonchev–Trinajstić information content (AvgIpc) is 3.53. The van der Waals surface area contributed by atoms with Crippen molar-refractivity contribution in [3.8, 4) is 0 Å². The highest BCUT2D eigenvalue weighted by Gasteiger charge is 2.25. The molecule has 11 heteroatoms. The molecule has 0 spiro atoms. The fraction of sp³-hybridized carbons (Fsp3) is 0.308. The van der Waals surface area contributed by atoms with Crippen LogP contribution in [0.1, 0.15) is 34.0 Å². The molecule has 1 aromatic heterocycles. The van der Waals surface area contributed by atoms with E-state index in [1.165, 1.54) is 11.3 Å². The molecule has 2 heterocycles. The third-order valence-electron chi connectivity index (χ3n) is 6.19. The Morgan fingerprint density at radius 1 is 1.03 bits per heavy atom. The number of benzene rings is 2. The van der Waals surface area contributed by atoms with Gasteiger partial charge in [0.1, 0.15) is 0 Å². The van der Waals surface area contributed by atoms with E-state index in [4.69, 9.17) is 46.4 Å². The van der Waals surface area contributed by atoms with E-state index < -0.39 is 0 Å². The van der Waals surface area contributed by atoms with Gasteiger partial charge in [-0.1, -0.05) is 58.5 Å². The van der Waals surface area contributed by atoms with Gasteiger partial charge in [-0.15, -0.1) is 11.3 Å². The lowest BCUT2D eigenvalue weighted by Crippen LogP contribution is -2.37. The Bertz CT molecular complexity index is 1220. The Morgan fingerprint density at radius 2 is 1.81 bits per heavy atom. The molecule has 2 unspecified atom stereocenters. The van der Waals surface area contributed by atoms with Crippen molar-refractivity contribution in [3.05, 3.63) is 84.4 Å². The lowest BCUT2D eigenvalue weighted by Gasteiger charge is -2.23. The average molecular weight is 600 g/mol. The van der Waals surface area contributed by atoms with Crippen molar-refractivity contribution in [3.63, 3.8) is 0 Å². The van der Waals surface area contributed by atoms with E-state index in [1.807, 2.05) is 29.6 Å². The summed E-state index contributed by atoms with van der Waals surface area (Å²) in [7, 11) is 0. The molecular weight excluding hydrogens is 574 g/mol. The first-order chi connectivity index (χ1) is 17.8. The zero-order valence-corrected chi connectivity index (χ0v) is 23.6. The molecule has 2 atom stereocenters. The van der Waals surface area contributed by atoms with Gasteiger partial charge in [0, 0.05) is 47.3 Å². The van der Waals surface area contributed by atoms with Crippen LogP contribution in [-0.4, -0.2) is 49.1 Å². The Morgan fingerprint density at radius 3 is 2.51 bits per heavy atom. The maximum Gasteiger partial charge on any atom is 0.319 e. The van der Waals surface area contributed by atoms with Crippen LogP contribution in [0.3, 0.4) is 0 Å². The minimum absolute atomic E-state index is 0.00299. The molecule has 3 amide bonds. The first-order valence-electron chi connectivity index (χ1n) is 11.8. The monoisotopic (exact) mass is 598 g/mol. The van der Waals surface area contributed by atoms with Gasteiger partial charge in [0.15, 0.2) is 0 Å². The lowest BCUT2D eigenvalue weighted by atomic mass is 9.95. The molecule has 0 bridgehead atoms. The number of amides is 3. The van der Waals surface area contributed by atoms with E-state index in [9.17, 15) is 9.59 Å². The highest BCUT2D eigenvalue weighted by molar-refractivity contribution is 7.12. The highest BCUT2D eigenvalue weighted by Crippen LogP contribution is 2.29. The molecule has 3 aromatic rings. The smallest absolute Gasteiger partial charge is 0.319 e. The number of nitrogens with zero attached hydrogens (tertiary/aromatic N) is 1. The minimum atomic E-state index is -0.360. The number of rotatable bonds is 9. The number of urea groups is 1. The largest absolute Gasteiger partial charge is 0.347 e. The predicted octanol–water partition coefficient (Wildman–Crippen LogP) is 7.16. The third kappa shape index (κ3) is 8.24. The summed E-state index contributed by atoms with van der Waals surface area (Å²) in [6.45, 7) is 2.88. The SMILES string of the molecule is O=C(NCC(CCN1CCC(NC(=O)c2cccs2)C1)c1ccc(Cl)c(Cl)c1)Nc1cc(Cl)cc(Cl)c1. The molecule has 0 aliphatic carbocycles. The minimum Gasteiger partial charge on any atom is -0.347 e. The van der Waals surface area contributed by atoms with Gasteiger partial charge in [0.05, 0.1) is 14.9 Å². The molecule has 37 heavy (non-hydrogen) atoms. The fourth-order valence-electron chi connectivity index (χ4n) is 4.33. The number of thiophene rings is 1. The van der Waals surface area contributed by atoms with E-state index in [2.05, 4.69) is 20.9 Å². The molecule has 6 nitrogen and oxygen atoms in total. The molecule has 1 fully saturated rings. The summed E-state index contributed by atoms with van der Waals surface area (Å²) < 4.78 is 0. The summed E-state index contributed by atoms with van der Waals surface area (Å²) in [5.41, 5.74) is 1.50. The summed E-state index contributed by atoms with van der Waals surface area (Å²) in [6.07, 6.45) is 1.68. The van der Waals surface area contributed by atoms with E-state index in [-0.39, 0.29) is 23.9 Å². The molecular formula is C26H26Cl4N4O2S. The molecule has 0 radical (unpaired) electrons. The van der Waals surface area contributed by atoms with Crippen molar-refractivity contribution in [2.75, 3.05) is 31.5 Å². The summed E-state index contributed by atoms with van der Waals surface area (Å²) in [5.74, 6) is -0.0186. The Hall–Kier alpha value is -2.00. The molecule has 0 saturated carbocycles. The van der Waals surface area contributed by atoms with Gasteiger partial charge < -0.3 is 20.9 Å². The fourth-order valence-corrected chi connectivity index (χ4v) is 5.79. The van der Waals surface area contributed by atoms with Crippen molar-refractivity contribution in [1.82, 2.24) is 15.5 Å². The number of hydrogen-bond donors (Lipinski definition) is 3. The topological polar surface area (TPSA) is 73.5 Å². The maximum absolute atomic E-state index is 12.6. The second-order valence-electron chi connectivity index (χ2n) is 8.89. The molecule has 196 valence electrons. The van der Waals surface area contributed by atoms with Crippen LogP contribution >= 0.6 is 57.7 Å². The number of carbonyl (C=O) groups excluding carboxylic acids is 2. The van der Waals surface area contributed by atoms with Crippen LogP contribution in [0.15, 0.2) is 53.9 Å². The first kappa shape index (κ1) is 28.0. The zero-order chi connectivity index (χ0) is 26.4. The third-order valence-corrected chi connectivity index (χ3v) is 8.23. The summed E-state index contributed by atoms with van der Waals surface area (Å²) in [5, 5.41) is 12.6. The Kier molecular flexibility index (Phi) is 9.98. The second-order valence-corrected chi connectivity index (χ2v) is 11.5. The van der Waals surface area contributed by atoms with Crippen LogP contribution in [-0.2, 0) is 0 Å². The molecule has 4 rings (SSSR count). The first-order valence-corrected chi connectivity index (χ1v) is 14.2. The van der Waals surface area contributed by atoms with Crippen molar-refractivity contribution < 1.29 is 9.59 Å². The van der Waals surface area contributed by atoms with E-state index in [0.29, 0.717) is 32.3 Å². The summed E-state index contributed by atoms with van der Waals surface area (Å²) in [6, 6.07) is 13.9. The number of carbonyl (C=O) groups is 2. The van der Waals surface area contributed by atoms with Crippen LogP contribution in [0.4, 0.5) is 10.5 Å². The van der Waals surface area contributed by atoms with Crippen molar-refractivity contribution in [2.24, 2.45) is 0 Å². The number of hydrogen-bond acceptors (Lipinski definition) is 4. The number of halogens is 4. The van der Waals surface area contributed by atoms with E-state index in [1.54, 1.807) is 24.3 Å². The van der Waals surface area contributed by atoms with E-state index in [0.717, 1.165) is 42.9 Å². The molecule has 3 N–H and O–H groups in total. The standard InChI is InChI=1S/C26H26Cl4N4O2S/c27-18-11-19(28)13-21(12-18)33-26(36)31-14-17(16-3-4-22(29)23(30)10-16)5-7-34-8-6-20(15-34)32-25(35)24-2-1-9-37-24/h1-4,9-13,17,20H,5-8,14-15H2,(H,32,35)(H2,31,33,36). The van der Waals surface area contributed by atoms with Gasteiger partial charge in [-0.25, -0.2) is 4.79 Å². The number of anilines is 1. The summed E-state index contributed by atoms with van der Waals surface area (Å²) >= 11 is 25.9. The quantitative estimate of drug-likeness (QED) is 0.244. The van der Waals surface area contributed by atoms with Gasteiger partial charge in [0.2, 0.25) is 0 Å².